The average molecular weight is 321 g/mol. The van der Waals surface area contributed by atoms with Crippen LogP contribution in [-0.2, 0) is 11.2 Å². The molecule has 8 heteroatoms. The average Bonchev–Trinajstić information content (AvgIpc) is 2.29. The fourth-order valence-electron chi connectivity index (χ4n) is 1.40. The van der Waals surface area contributed by atoms with Crippen molar-refractivity contribution in [2.24, 2.45) is 5.73 Å². The van der Waals surface area contributed by atoms with E-state index in [-0.39, 0.29) is 22.9 Å². The van der Waals surface area contributed by atoms with Crippen LogP contribution in [0.3, 0.4) is 0 Å². The first kappa shape index (κ1) is 16.9. The van der Waals surface area contributed by atoms with Gasteiger partial charge in [0.1, 0.15) is 22.2 Å². The molecular formula is C12H18Cl2N4O2. The van der Waals surface area contributed by atoms with Gasteiger partial charge < -0.3 is 15.8 Å². The van der Waals surface area contributed by atoms with Crippen molar-refractivity contribution >= 4 is 29.3 Å². The summed E-state index contributed by atoms with van der Waals surface area (Å²) in [4.78, 5) is 19.2. The molecule has 0 aliphatic heterocycles. The molecule has 0 saturated heterocycles. The van der Waals surface area contributed by atoms with Gasteiger partial charge in [-0.3, -0.25) is 0 Å². The smallest absolute Gasteiger partial charge is 0.407 e. The van der Waals surface area contributed by atoms with E-state index in [0.29, 0.717) is 12.0 Å². The zero-order valence-electron chi connectivity index (χ0n) is 11.6. The normalized spacial score (nSPS) is 12.9. The monoisotopic (exact) mass is 320 g/mol. The Hall–Kier alpha value is -1.11. The molecular weight excluding hydrogens is 303 g/mol. The maximum Gasteiger partial charge on any atom is 0.407 e. The van der Waals surface area contributed by atoms with E-state index in [4.69, 9.17) is 33.7 Å². The molecule has 1 unspecified atom stereocenters. The van der Waals surface area contributed by atoms with Gasteiger partial charge in [0.05, 0.1) is 0 Å². The van der Waals surface area contributed by atoms with Crippen LogP contribution in [0.25, 0.3) is 0 Å². The Balaban J connectivity index is 2.48. The standard InChI is InChI=1S/C12H18Cl2N4O2/c1-12(2,3)20-11(19)16-5-7(15)4-8-9(13)17-6-18-10(8)14/h6-7H,4-5,15H2,1-3H3,(H,16,19). The van der Waals surface area contributed by atoms with Crippen LogP contribution in [0.1, 0.15) is 26.3 Å². The number of amides is 1. The van der Waals surface area contributed by atoms with Gasteiger partial charge in [-0.15, -0.1) is 0 Å². The van der Waals surface area contributed by atoms with Crippen LogP contribution in [0.5, 0.6) is 0 Å². The minimum Gasteiger partial charge on any atom is -0.444 e. The molecule has 112 valence electrons. The van der Waals surface area contributed by atoms with E-state index >= 15 is 0 Å². The number of aromatic nitrogens is 2. The number of hydrogen-bond acceptors (Lipinski definition) is 5. The van der Waals surface area contributed by atoms with Crippen molar-refractivity contribution in [3.05, 3.63) is 22.2 Å². The summed E-state index contributed by atoms with van der Waals surface area (Å²) in [6.45, 7) is 5.59. The van der Waals surface area contributed by atoms with Gasteiger partial charge in [0.2, 0.25) is 0 Å². The molecule has 3 N–H and O–H groups in total. The molecule has 6 nitrogen and oxygen atoms in total. The summed E-state index contributed by atoms with van der Waals surface area (Å²) >= 11 is 11.8. The fourth-order valence-corrected chi connectivity index (χ4v) is 1.87. The van der Waals surface area contributed by atoms with E-state index < -0.39 is 11.7 Å². The highest BCUT2D eigenvalue weighted by atomic mass is 35.5. The Morgan fingerprint density at radius 2 is 1.95 bits per heavy atom. The van der Waals surface area contributed by atoms with Crippen LogP contribution in [0, 0.1) is 0 Å². The Morgan fingerprint density at radius 1 is 1.40 bits per heavy atom. The second-order valence-corrected chi connectivity index (χ2v) is 6.00. The van der Waals surface area contributed by atoms with Crippen molar-refractivity contribution in [3.63, 3.8) is 0 Å². The SMILES string of the molecule is CC(C)(C)OC(=O)NCC(N)Cc1c(Cl)ncnc1Cl. The highest BCUT2D eigenvalue weighted by Gasteiger charge is 2.17. The molecule has 20 heavy (non-hydrogen) atoms. The number of hydrogen-bond donors (Lipinski definition) is 2. The summed E-state index contributed by atoms with van der Waals surface area (Å²) in [6.07, 6.45) is 1.11. The minimum absolute atomic E-state index is 0.233. The highest BCUT2D eigenvalue weighted by Crippen LogP contribution is 2.20. The first-order chi connectivity index (χ1) is 9.19. The molecule has 0 aliphatic carbocycles. The lowest BCUT2D eigenvalue weighted by atomic mass is 10.1. The minimum atomic E-state index is -0.548. The van der Waals surface area contributed by atoms with Crippen molar-refractivity contribution in [2.75, 3.05) is 6.54 Å². The molecule has 1 aromatic rings. The van der Waals surface area contributed by atoms with Gasteiger partial charge in [-0.2, -0.15) is 0 Å². The third-order valence-electron chi connectivity index (χ3n) is 2.21. The number of nitrogens with zero attached hydrogens (tertiary/aromatic N) is 2. The summed E-state index contributed by atoms with van der Waals surface area (Å²) < 4.78 is 5.10. The van der Waals surface area contributed by atoms with Crippen molar-refractivity contribution in [3.8, 4) is 0 Å². The van der Waals surface area contributed by atoms with Gasteiger partial charge >= 0.3 is 6.09 Å². The summed E-state index contributed by atoms with van der Waals surface area (Å²) in [7, 11) is 0. The van der Waals surface area contributed by atoms with Crippen LogP contribution in [0.2, 0.25) is 10.3 Å². The first-order valence-corrected chi connectivity index (χ1v) is 6.82. The Labute approximate surface area is 128 Å². The molecule has 0 aromatic carbocycles. The van der Waals surface area contributed by atoms with Gasteiger partial charge in [-0.1, -0.05) is 23.2 Å². The second kappa shape index (κ2) is 7.06. The van der Waals surface area contributed by atoms with Gasteiger partial charge in [-0.25, -0.2) is 14.8 Å². The van der Waals surface area contributed by atoms with E-state index in [1.807, 2.05) is 0 Å². The van der Waals surface area contributed by atoms with Crippen LogP contribution in [0.15, 0.2) is 6.33 Å². The van der Waals surface area contributed by atoms with Gasteiger partial charge in [0.15, 0.2) is 0 Å². The van der Waals surface area contributed by atoms with Gasteiger partial charge in [0, 0.05) is 18.2 Å². The number of halogens is 2. The molecule has 0 spiro atoms. The summed E-state index contributed by atoms with van der Waals surface area (Å²) in [5.74, 6) is 0. The lowest BCUT2D eigenvalue weighted by Crippen LogP contribution is -2.41. The Kier molecular flexibility index (Phi) is 5.98. The number of ether oxygens (including phenoxy) is 1. The maximum atomic E-state index is 11.5. The van der Waals surface area contributed by atoms with Crippen molar-refractivity contribution < 1.29 is 9.53 Å². The lowest BCUT2D eigenvalue weighted by Gasteiger charge is -2.21. The Morgan fingerprint density at radius 3 is 2.45 bits per heavy atom. The van der Waals surface area contributed by atoms with E-state index in [1.165, 1.54) is 6.33 Å². The van der Waals surface area contributed by atoms with Crippen LogP contribution >= 0.6 is 23.2 Å². The number of carbonyl (C=O) groups excluding carboxylic acids is 1. The molecule has 0 radical (unpaired) electrons. The third-order valence-corrected chi connectivity index (χ3v) is 2.87. The van der Waals surface area contributed by atoms with Crippen LogP contribution < -0.4 is 11.1 Å². The van der Waals surface area contributed by atoms with Crippen molar-refractivity contribution in [2.45, 2.75) is 38.8 Å². The second-order valence-electron chi connectivity index (χ2n) is 5.28. The molecule has 0 aliphatic rings. The van der Waals surface area contributed by atoms with Gasteiger partial charge in [0.25, 0.3) is 0 Å². The molecule has 1 atom stereocenters. The molecule has 0 fully saturated rings. The zero-order valence-corrected chi connectivity index (χ0v) is 13.1. The van der Waals surface area contributed by atoms with E-state index in [9.17, 15) is 4.79 Å². The first-order valence-electron chi connectivity index (χ1n) is 6.06. The van der Waals surface area contributed by atoms with E-state index in [2.05, 4.69) is 15.3 Å². The Bertz CT molecular complexity index is 457. The zero-order chi connectivity index (χ0) is 15.3. The van der Waals surface area contributed by atoms with E-state index in [0.717, 1.165) is 0 Å². The maximum absolute atomic E-state index is 11.5. The molecule has 1 aromatic heterocycles. The van der Waals surface area contributed by atoms with Gasteiger partial charge in [-0.05, 0) is 27.2 Å². The molecule has 1 rings (SSSR count). The van der Waals surface area contributed by atoms with Crippen LogP contribution in [0.4, 0.5) is 4.79 Å². The molecule has 1 heterocycles. The highest BCUT2D eigenvalue weighted by molar-refractivity contribution is 6.34. The topological polar surface area (TPSA) is 90.1 Å². The molecule has 0 bridgehead atoms. The predicted molar refractivity (Wildman–Crippen MR) is 78.0 cm³/mol. The largest absolute Gasteiger partial charge is 0.444 e. The molecule has 0 saturated carbocycles. The van der Waals surface area contributed by atoms with E-state index in [1.54, 1.807) is 20.8 Å². The molecule has 1 amide bonds. The number of carbonyl (C=O) groups is 1. The van der Waals surface area contributed by atoms with Crippen molar-refractivity contribution in [1.29, 1.82) is 0 Å². The summed E-state index contributed by atoms with van der Waals surface area (Å²) in [5, 5.41) is 3.11. The van der Waals surface area contributed by atoms with Crippen molar-refractivity contribution in [1.82, 2.24) is 15.3 Å². The summed E-state index contributed by atoms with van der Waals surface area (Å²) in [6, 6.07) is -0.372. The van der Waals surface area contributed by atoms with Crippen LogP contribution in [-0.4, -0.2) is 34.2 Å². The third kappa shape index (κ3) is 5.90. The quantitative estimate of drug-likeness (QED) is 0.830. The fraction of sp³-hybridized carbons (Fsp3) is 0.583. The lowest BCUT2D eigenvalue weighted by molar-refractivity contribution is 0.0524. The predicted octanol–water partition coefficient (Wildman–Crippen LogP) is 2.18. The number of nitrogens with one attached hydrogen (secondary N) is 1. The number of rotatable bonds is 4. The summed E-state index contributed by atoms with van der Waals surface area (Å²) in [5.41, 5.74) is 5.93. The number of nitrogens with two attached hydrogens (primary N) is 1. The number of alkyl carbamates (subject to hydrolysis) is 1.